The molecule has 0 aliphatic heterocycles. The van der Waals surface area contributed by atoms with Crippen LogP contribution in [0.4, 0.5) is 0 Å². The number of hydrogen-bond donors (Lipinski definition) is 1. The summed E-state index contributed by atoms with van der Waals surface area (Å²) in [6.07, 6.45) is 0.716. The summed E-state index contributed by atoms with van der Waals surface area (Å²) in [7, 11) is 0. The molecular weight excluding hydrogens is 195 g/mol. The molecule has 0 bridgehead atoms. The van der Waals surface area contributed by atoms with Crippen molar-refractivity contribution in [2.45, 2.75) is 13.3 Å². The van der Waals surface area contributed by atoms with E-state index in [1.165, 1.54) is 0 Å². The van der Waals surface area contributed by atoms with Gasteiger partial charge in [-0.2, -0.15) is 0 Å². The first-order valence-corrected chi connectivity index (χ1v) is 6.23. The fourth-order valence-corrected chi connectivity index (χ4v) is 2.43. The van der Waals surface area contributed by atoms with Crippen LogP contribution in [0.15, 0.2) is 24.3 Å². The maximum absolute atomic E-state index is 11.1. The van der Waals surface area contributed by atoms with Crippen molar-refractivity contribution in [2.75, 3.05) is 0 Å². The summed E-state index contributed by atoms with van der Waals surface area (Å²) in [4.78, 5) is 9.12. The lowest BCUT2D eigenvalue weighted by molar-refractivity contribution is 0.506. The molecule has 0 fully saturated rings. The minimum Gasteiger partial charge on any atom is -0.330 e. The molecule has 0 heterocycles. The van der Waals surface area contributed by atoms with E-state index >= 15 is 0 Å². The summed E-state index contributed by atoms with van der Waals surface area (Å²) in [6.45, 7) is -1.68. The second-order valence-corrected chi connectivity index (χ2v) is 5.34. The van der Waals surface area contributed by atoms with Gasteiger partial charge in [0, 0.05) is 0 Å². The smallest absolute Gasteiger partial charge is 0.317 e. The Morgan fingerprint density at radius 1 is 1.50 bits per heavy atom. The standard InChI is InChI=1S/C8H10ClO2P/c1-2-7-5-3-4-6-8(7)12(9,10)11/h3-6H,2H2,1H3,(H,10,11). The van der Waals surface area contributed by atoms with Crippen molar-refractivity contribution in [1.82, 2.24) is 0 Å². The van der Waals surface area contributed by atoms with E-state index in [9.17, 15) is 4.57 Å². The number of benzene rings is 1. The van der Waals surface area contributed by atoms with E-state index in [2.05, 4.69) is 0 Å². The highest BCUT2D eigenvalue weighted by molar-refractivity contribution is 7.90. The van der Waals surface area contributed by atoms with E-state index in [-0.39, 0.29) is 0 Å². The molecule has 0 aliphatic rings. The third-order valence-corrected chi connectivity index (χ3v) is 3.25. The molecular formula is C8H10ClO2P. The van der Waals surface area contributed by atoms with Crippen molar-refractivity contribution in [2.24, 2.45) is 0 Å². The molecule has 0 saturated heterocycles. The van der Waals surface area contributed by atoms with Crippen LogP contribution < -0.4 is 5.30 Å². The average molecular weight is 205 g/mol. The van der Waals surface area contributed by atoms with Gasteiger partial charge in [0.15, 0.2) is 0 Å². The maximum Gasteiger partial charge on any atom is 0.317 e. The number of halogens is 1. The zero-order valence-electron chi connectivity index (χ0n) is 6.70. The Bertz CT molecular complexity index is 319. The van der Waals surface area contributed by atoms with Crippen LogP contribution in [-0.4, -0.2) is 4.89 Å². The molecule has 1 aromatic carbocycles. The zero-order chi connectivity index (χ0) is 9.19. The summed E-state index contributed by atoms with van der Waals surface area (Å²) >= 11 is 5.35. The molecule has 0 amide bonds. The summed E-state index contributed by atoms with van der Waals surface area (Å²) in [5, 5.41) is 0.356. The molecule has 1 aromatic rings. The molecule has 1 N–H and O–H groups in total. The fourth-order valence-electron chi connectivity index (χ4n) is 1.08. The Kier molecular flexibility index (Phi) is 2.94. The highest BCUT2D eigenvalue weighted by Crippen LogP contribution is 2.45. The van der Waals surface area contributed by atoms with Gasteiger partial charge in [-0.25, -0.2) is 0 Å². The predicted octanol–water partition coefficient (Wildman–Crippen LogP) is 2.30. The van der Waals surface area contributed by atoms with E-state index < -0.39 is 6.72 Å². The second kappa shape index (κ2) is 3.61. The van der Waals surface area contributed by atoms with Gasteiger partial charge >= 0.3 is 6.72 Å². The van der Waals surface area contributed by atoms with Gasteiger partial charge in [0.1, 0.15) is 0 Å². The van der Waals surface area contributed by atoms with Crippen LogP contribution in [0.25, 0.3) is 0 Å². The first-order chi connectivity index (χ1) is 5.55. The van der Waals surface area contributed by atoms with Gasteiger partial charge in [-0.1, -0.05) is 25.1 Å². The van der Waals surface area contributed by atoms with Crippen LogP contribution in [0, 0.1) is 0 Å². The SMILES string of the molecule is CCc1ccccc1P(=O)(O)Cl. The van der Waals surface area contributed by atoms with Gasteiger partial charge in [0.25, 0.3) is 0 Å². The predicted molar refractivity (Wildman–Crippen MR) is 51.1 cm³/mol. The second-order valence-electron chi connectivity index (χ2n) is 2.48. The van der Waals surface area contributed by atoms with Crippen LogP contribution in [0.5, 0.6) is 0 Å². The summed E-state index contributed by atoms with van der Waals surface area (Å²) in [5.41, 5.74) is 0.832. The lowest BCUT2D eigenvalue weighted by atomic mass is 10.2. The molecule has 0 aliphatic carbocycles. The number of hydrogen-bond acceptors (Lipinski definition) is 1. The van der Waals surface area contributed by atoms with Gasteiger partial charge in [0.05, 0.1) is 5.30 Å². The lowest BCUT2D eigenvalue weighted by Crippen LogP contribution is -2.06. The monoisotopic (exact) mass is 204 g/mol. The van der Waals surface area contributed by atoms with E-state index in [1.54, 1.807) is 18.2 Å². The normalized spacial score (nSPS) is 15.6. The van der Waals surface area contributed by atoms with Crippen LogP contribution in [0.1, 0.15) is 12.5 Å². The Hall–Kier alpha value is -0.300. The molecule has 66 valence electrons. The number of rotatable bonds is 2. The Morgan fingerprint density at radius 2 is 2.08 bits per heavy atom. The van der Waals surface area contributed by atoms with Crippen LogP contribution in [0.3, 0.4) is 0 Å². The maximum atomic E-state index is 11.1. The third kappa shape index (κ3) is 2.10. The minimum absolute atomic E-state index is 0.356. The van der Waals surface area contributed by atoms with Crippen molar-refractivity contribution in [3.05, 3.63) is 29.8 Å². The van der Waals surface area contributed by atoms with Crippen LogP contribution in [-0.2, 0) is 11.0 Å². The molecule has 0 saturated carbocycles. The molecule has 1 rings (SSSR count). The van der Waals surface area contributed by atoms with E-state index in [0.29, 0.717) is 11.7 Å². The van der Waals surface area contributed by atoms with Gasteiger partial charge in [0.2, 0.25) is 0 Å². The minimum atomic E-state index is -3.60. The van der Waals surface area contributed by atoms with Crippen molar-refractivity contribution in [3.63, 3.8) is 0 Å². The Morgan fingerprint density at radius 3 is 2.50 bits per heavy atom. The number of aryl methyl sites for hydroxylation is 1. The summed E-state index contributed by atoms with van der Waals surface area (Å²) < 4.78 is 11.1. The van der Waals surface area contributed by atoms with E-state index in [1.807, 2.05) is 13.0 Å². The third-order valence-electron chi connectivity index (χ3n) is 1.67. The zero-order valence-corrected chi connectivity index (χ0v) is 8.35. The molecule has 2 nitrogen and oxygen atoms in total. The first-order valence-electron chi connectivity index (χ1n) is 3.66. The molecule has 0 spiro atoms. The summed E-state index contributed by atoms with van der Waals surface area (Å²) in [6, 6.07) is 6.93. The van der Waals surface area contributed by atoms with E-state index in [0.717, 1.165) is 5.56 Å². The Labute approximate surface area is 76.4 Å². The van der Waals surface area contributed by atoms with Crippen molar-refractivity contribution < 1.29 is 9.46 Å². The highest BCUT2D eigenvalue weighted by Gasteiger charge is 2.19. The fraction of sp³-hybridized carbons (Fsp3) is 0.250. The average Bonchev–Trinajstić information content (AvgIpc) is 2.03. The largest absolute Gasteiger partial charge is 0.330 e. The van der Waals surface area contributed by atoms with Gasteiger partial charge in [-0.15, -0.1) is 0 Å². The topological polar surface area (TPSA) is 37.3 Å². The molecule has 12 heavy (non-hydrogen) atoms. The summed E-state index contributed by atoms with van der Waals surface area (Å²) in [5.74, 6) is 0. The highest BCUT2D eigenvalue weighted by atomic mass is 35.7. The van der Waals surface area contributed by atoms with Crippen molar-refractivity contribution in [1.29, 1.82) is 0 Å². The molecule has 0 aromatic heterocycles. The van der Waals surface area contributed by atoms with E-state index in [4.69, 9.17) is 16.1 Å². The quantitative estimate of drug-likeness (QED) is 0.751. The van der Waals surface area contributed by atoms with Crippen molar-refractivity contribution in [3.8, 4) is 0 Å². The van der Waals surface area contributed by atoms with Gasteiger partial charge in [-0.3, -0.25) is 4.57 Å². The molecule has 4 heteroatoms. The molecule has 0 radical (unpaired) electrons. The van der Waals surface area contributed by atoms with Gasteiger partial charge in [-0.05, 0) is 29.3 Å². The van der Waals surface area contributed by atoms with Crippen LogP contribution in [0.2, 0.25) is 0 Å². The molecule has 1 atom stereocenters. The first kappa shape index (κ1) is 9.79. The van der Waals surface area contributed by atoms with Crippen LogP contribution >= 0.6 is 18.0 Å². The molecule has 1 unspecified atom stereocenters. The van der Waals surface area contributed by atoms with Gasteiger partial charge < -0.3 is 4.89 Å². The van der Waals surface area contributed by atoms with Crippen molar-refractivity contribution >= 4 is 23.3 Å². The Balaban J connectivity index is 3.23. The lowest BCUT2D eigenvalue weighted by Gasteiger charge is -2.07.